The maximum Gasteiger partial charge on any atom is 0.222 e. The van der Waals surface area contributed by atoms with E-state index in [9.17, 15) is 4.79 Å². The van der Waals surface area contributed by atoms with Crippen LogP contribution in [0.3, 0.4) is 0 Å². The fourth-order valence-corrected chi connectivity index (χ4v) is 3.32. The number of hydrogen-bond donors (Lipinski definition) is 1. The Morgan fingerprint density at radius 1 is 1.19 bits per heavy atom. The molecule has 2 N–H and O–H groups in total. The molecule has 1 amide bonds. The molecule has 2 rings (SSSR count). The zero-order valence-corrected chi connectivity index (χ0v) is 13.7. The number of halogens is 2. The van der Waals surface area contributed by atoms with E-state index >= 15 is 0 Å². The van der Waals surface area contributed by atoms with Gasteiger partial charge in [-0.05, 0) is 49.1 Å². The van der Waals surface area contributed by atoms with Crippen LogP contribution in [0.2, 0.25) is 10.0 Å². The molecule has 0 spiro atoms. The van der Waals surface area contributed by atoms with E-state index < -0.39 is 0 Å². The van der Waals surface area contributed by atoms with Gasteiger partial charge in [-0.2, -0.15) is 0 Å². The third-order valence-corrected chi connectivity index (χ3v) is 4.51. The van der Waals surface area contributed by atoms with Crippen LogP contribution in [0.25, 0.3) is 0 Å². The largest absolute Gasteiger partial charge is 0.338 e. The van der Waals surface area contributed by atoms with Crippen LogP contribution in [0.15, 0.2) is 12.1 Å². The second-order valence-electron chi connectivity index (χ2n) is 5.54. The molecule has 1 aromatic carbocycles. The normalized spacial score (nSPS) is 14.1. The fraction of sp³-hybridized carbons (Fsp3) is 0.562. The molecule has 1 aliphatic rings. The number of amides is 1. The third kappa shape index (κ3) is 4.60. The molecular formula is C16H22Cl2N2O. The molecule has 0 saturated heterocycles. The number of carbonyl (C=O) groups is 1. The summed E-state index contributed by atoms with van der Waals surface area (Å²) in [7, 11) is 0. The van der Waals surface area contributed by atoms with Gasteiger partial charge in [0.15, 0.2) is 0 Å². The SMILES string of the molecule is NCCCCCCC(=O)N1CCc2cc(Cl)cc(Cl)c2C1. The number of rotatable bonds is 6. The van der Waals surface area contributed by atoms with E-state index in [1.807, 2.05) is 11.0 Å². The van der Waals surface area contributed by atoms with Gasteiger partial charge in [-0.1, -0.05) is 36.0 Å². The zero-order valence-electron chi connectivity index (χ0n) is 12.2. The van der Waals surface area contributed by atoms with Crippen molar-refractivity contribution in [3.63, 3.8) is 0 Å². The van der Waals surface area contributed by atoms with Gasteiger partial charge in [0.05, 0.1) is 0 Å². The number of carbonyl (C=O) groups excluding carboxylic acids is 1. The molecule has 0 aliphatic carbocycles. The van der Waals surface area contributed by atoms with Crippen molar-refractivity contribution < 1.29 is 4.79 Å². The molecule has 1 aliphatic heterocycles. The molecule has 0 radical (unpaired) electrons. The Kier molecular flexibility index (Phi) is 6.34. The summed E-state index contributed by atoms with van der Waals surface area (Å²) in [5.74, 6) is 0.222. The molecule has 0 unspecified atom stereocenters. The first-order valence-corrected chi connectivity index (χ1v) is 8.32. The highest BCUT2D eigenvalue weighted by Gasteiger charge is 2.22. The van der Waals surface area contributed by atoms with Crippen LogP contribution in [0.5, 0.6) is 0 Å². The fourth-order valence-electron chi connectivity index (χ4n) is 2.73. The molecule has 5 heteroatoms. The zero-order chi connectivity index (χ0) is 15.2. The Morgan fingerprint density at radius 3 is 2.71 bits per heavy atom. The molecule has 1 aromatic rings. The highest BCUT2D eigenvalue weighted by Crippen LogP contribution is 2.30. The number of benzene rings is 1. The van der Waals surface area contributed by atoms with Gasteiger partial charge in [0.1, 0.15) is 0 Å². The van der Waals surface area contributed by atoms with E-state index in [1.54, 1.807) is 6.07 Å². The van der Waals surface area contributed by atoms with E-state index in [4.69, 9.17) is 28.9 Å². The van der Waals surface area contributed by atoms with Gasteiger partial charge >= 0.3 is 0 Å². The first-order valence-electron chi connectivity index (χ1n) is 7.56. The molecule has 0 atom stereocenters. The number of unbranched alkanes of at least 4 members (excludes halogenated alkanes) is 3. The van der Waals surface area contributed by atoms with Crippen molar-refractivity contribution >= 4 is 29.1 Å². The lowest BCUT2D eigenvalue weighted by molar-refractivity contribution is -0.132. The number of nitrogens with zero attached hydrogens (tertiary/aromatic N) is 1. The highest BCUT2D eigenvalue weighted by molar-refractivity contribution is 6.35. The minimum atomic E-state index is 0.222. The Balaban J connectivity index is 1.87. The average Bonchev–Trinajstić information content (AvgIpc) is 2.46. The summed E-state index contributed by atoms with van der Waals surface area (Å²) < 4.78 is 0. The van der Waals surface area contributed by atoms with Crippen molar-refractivity contribution in [3.8, 4) is 0 Å². The van der Waals surface area contributed by atoms with Crippen LogP contribution < -0.4 is 5.73 Å². The monoisotopic (exact) mass is 328 g/mol. The van der Waals surface area contributed by atoms with Crippen LogP contribution >= 0.6 is 23.2 Å². The highest BCUT2D eigenvalue weighted by atomic mass is 35.5. The van der Waals surface area contributed by atoms with Crippen LogP contribution in [-0.4, -0.2) is 23.9 Å². The van der Waals surface area contributed by atoms with E-state index in [1.165, 1.54) is 5.56 Å². The quantitative estimate of drug-likeness (QED) is 0.807. The summed E-state index contributed by atoms with van der Waals surface area (Å²) in [6.45, 7) is 2.09. The summed E-state index contributed by atoms with van der Waals surface area (Å²) in [4.78, 5) is 14.2. The Bertz CT molecular complexity index is 505. The standard InChI is InChI=1S/C16H22Cl2N2O/c17-13-9-12-6-8-20(11-14(12)15(18)10-13)16(21)5-3-1-2-4-7-19/h9-10H,1-8,11,19H2. The van der Waals surface area contributed by atoms with Gasteiger partial charge in [0.2, 0.25) is 5.91 Å². The molecule has 0 saturated carbocycles. The molecule has 21 heavy (non-hydrogen) atoms. The minimum absolute atomic E-state index is 0.222. The van der Waals surface area contributed by atoms with Crippen molar-refractivity contribution in [3.05, 3.63) is 33.3 Å². The summed E-state index contributed by atoms with van der Waals surface area (Å²) in [5.41, 5.74) is 7.67. The van der Waals surface area contributed by atoms with Crippen LogP contribution in [0, 0.1) is 0 Å². The van der Waals surface area contributed by atoms with E-state index in [-0.39, 0.29) is 5.91 Å². The maximum atomic E-state index is 12.3. The van der Waals surface area contributed by atoms with Crippen molar-refractivity contribution in [2.24, 2.45) is 5.73 Å². The molecule has 3 nitrogen and oxygen atoms in total. The summed E-state index contributed by atoms with van der Waals surface area (Å²) in [6.07, 6.45) is 5.61. The van der Waals surface area contributed by atoms with Gasteiger partial charge in [-0.25, -0.2) is 0 Å². The van der Waals surface area contributed by atoms with Crippen LogP contribution in [-0.2, 0) is 17.8 Å². The Morgan fingerprint density at radius 2 is 1.95 bits per heavy atom. The number of nitrogens with two attached hydrogens (primary N) is 1. The van der Waals surface area contributed by atoms with Gasteiger partial charge in [-0.15, -0.1) is 0 Å². The van der Waals surface area contributed by atoms with E-state index in [2.05, 4.69) is 0 Å². The maximum absolute atomic E-state index is 12.3. The summed E-state index contributed by atoms with van der Waals surface area (Å²) in [5, 5.41) is 1.33. The van der Waals surface area contributed by atoms with Crippen LogP contribution in [0.1, 0.15) is 43.2 Å². The molecule has 116 valence electrons. The lowest BCUT2D eigenvalue weighted by Gasteiger charge is -2.29. The number of hydrogen-bond acceptors (Lipinski definition) is 2. The number of fused-ring (bicyclic) bond motifs is 1. The summed E-state index contributed by atoms with van der Waals surface area (Å²) in [6, 6.07) is 3.71. The first kappa shape index (κ1) is 16.6. The Hall–Kier alpha value is -0.770. The smallest absolute Gasteiger partial charge is 0.222 e. The van der Waals surface area contributed by atoms with Gasteiger partial charge in [0.25, 0.3) is 0 Å². The second-order valence-corrected chi connectivity index (χ2v) is 6.39. The second kappa shape index (κ2) is 8.02. The average molecular weight is 329 g/mol. The topological polar surface area (TPSA) is 46.3 Å². The molecule has 1 heterocycles. The molecule has 0 bridgehead atoms. The predicted molar refractivity (Wildman–Crippen MR) is 87.7 cm³/mol. The van der Waals surface area contributed by atoms with Gasteiger partial charge < -0.3 is 10.6 Å². The molecule has 0 fully saturated rings. The molecular weight excluding hydrogens is 307 g/mol. The first-order chi connectivity index (χ1) is 10.1. The summed E-state index contributed by atoms with van der Waals surface area (Å²) >= 11 is 12.3. The Labute approximate surface area is 136 Å². The van der Waals surface area contributed by atoms with Gasteiger partial charge in [0, 0.05) is 29.6 Å². The predicted octanol–water partition coefficient (Wildman–Crippen LogP) is 3.79. The van der Waals surface area contributed by atoms with E-state index in [0.29, 0.717) is 23.0 Å². The van der Waals surface area contributed by atoms with Gasteiger partial charge in [-0.3, -0.25) is 4.79 Å². The third-order valence-electron chi connectivity index (χ3n) is 3.95. The van der Waals surface area contributed by atoms with Crippen LogP contribution in [0.4, 0.5) is 0 Å². The van der Waals surface area contributed by atoms with Crippen molar-refractivity contribution in [2.75, 3.05) is 13.1 Å². The van der Waals surface area contributed by atoms with Crippen molar-refractivity contribution in [1.29, 1.82) is 0 Å². The lowest BCUT2D eigenvalue weighted by atomic mass is 9.99. The van der Waals surface area contributed by atoms with Crippen molar-refractivity contribution in [1.82, 2.24) is 4.90 Å². The van der Waals surface area contributed by atoms with Crippen molar-refractivity contribution in [2.45, 2.75) is 45.1 Å². The van der Waals surface area contributed by atoms with E-state index in [0.717, 1.165) is 50.8 Å². The lowest BCUT2D eigenvalue weighted by Crippen LogP contribution is -2.36. The minimum Gasteiger partial charge on any atom is -0.338 e. The molecule has 0 aromatic heterocycles.